The summed E-state index contributed by atoms with van der Waals surface area (Å²) in [6.45, 7) is 0.362. The van der Waals surface area contributed by atoms with Crippen molar-refractivity contribution in [2.75, 3.05) is 0 Å². The van der Waals surface area contributed by atoms with Gasteiger partial charge in [-0.1, -0.05) is 11.2 Å². The lowest BCUT2D eigenvalue weighted by Gasteiger charge is -2.02. The monoisotopic (exact) mass is 323 g/mol. The first-order valence-corrected chi connectivity index (χ1v) is 7.90. The van der Waals surface area contributed by atoms with Crippen molar-refractivity contribution in [1.82, 2.24) is 25.2 Å². The molecule has 0 aromatic carbocycles. The number of amides is 1. The van der Waals surface area contributed by atoms with Gasteiger partial charge in [0.05, 0.1) is 17.9 Å². The highest BCUT2D eigenvalue weighted by Gasteiger charge is 2.28. The lowest BCUT2D eigenvalue weighted by molar-refractivity contribution is 0.0941. The zero-order chi connectivity index (χ0) is 16.5. The summed E-state index contributed by atoms with van der Waals surface area (Å²) < 4.78 is 6.95. The molecule has 1 saturated carbocycles. The molecule has 3 aromatic heterocycles. The number of aromatic nitrogens is 4. The Morgan fingerprint density at radius 2 is 2.21 bits per heavy atom. The summed E-state index contributed by atoms with van der Waals surface area (Å²) in [5.41, 5.74) is 2.79. The molecule has 7 nitrogen and oxygen atoms in total. The standard InChI is InChI=1S/C17H17N5O2/c1-22-12(8-14(20-22)13-4-2-3-7-18-13)10-19-17(23)15-9-16(24-21-15)11-5-6-11/h2-4,7-9,11H,5-6,10H2,1H3,(H,19,23). The van der Waals surface area contributed by atoms with Crippen molar-refractivity contribution >= 4 is 5.91 Å². The Morgan fingerprint density at radius 3 is 2.96 bits per heavy atom. The maximum absolute atomic E-state index is 12.2. The van der Waals surface area contributed by atoms with Crippen molar-refractivity contribution in [3.63, 3.8) is 0 Å². The molecule has 0 saturated heterocycles. The van der Waals surface area contributed by atoms with E-state index in [1.807, 2.05) is 31.3 Å². The molecule has 0 aliphatic heterocycles. The minimum Gasteiger partial charge on any atom is -0.360 e. The van der Waals surface area contributed by atoms with Crippen molar-refractivity contribution in [2.45, 2.75) is 25.3 Å². The van der Waals surface area contributed by atoms with E-state index in [2.05, 4.69) is 20.6 Å². The predicted octanol–water partition coefficient (Wildman–Crippen LogP) is 2.28. The minimum absolute atomic E-state index is 0.244. The zero-order valence-electron chi connectivity index (χ0n) is 13.3. The lowest BCUT2D eigenvalue weighted by Crippen LogP contribution is -2.24. The van der Waals surface area contributed by atoms with Gasteiger partial charge in [0.1, 0.15) is 11.5 Å². The van der Waals surface area contributed by atoms with Crippen LogP contribution in [0.3, 0.4) is 0 Å². The average molecular weight is 323 g/mol. The second-order valence-electron chi connectivity index (χ2n) is 5.93. The maximum Gasteiger partial charge on any atom is 0.273 e. The summed E-state index contributed by atoms with van der Waals surface area (Å²) in [5.74, 6) is 1.00. The summed E-state index contributed by atoms with van der Waals surface area (Å²) in [6.07, 6.45) is 3.95. The van der Waals surface area contributed by atoms with Crippen LogP contribution in [0.5, 0.6) is 0 Å². The second kappa shape index (κ2) is 5.92. The van der Waals surface area contributed by atoms with Crippen molar-refractivity contribution in [2.24, 2.45) is 7.05 Å². The van der Waals surface area contributed by atoms with E-state index in [1.165, 1.54) is 0 Å². The van der Waals surface area contributed by atoms with Crippen LogP contribution in [0, 0.1) is 0 Å². The first-order valence-electron chi connectivity index (χ1n) is 7.90. The third-order valence-electron chi connectivity index (χ3n) is 4.07. The fourth-order valence-electron chi connectivity index (χ4n) is 2.53. The Bertz CT molecular complexity index is 864. The van der Waals surface area contributed by atoms with Crippen LogP contribution in [0.15, 0.2) is 41.1 Å². The van der Waals surface area contributed by atoms with E-state index in [4.69, 9.17) is 4.52 Å². The normalized spacial score (nSPS) is 13.9. The number of carbonyl (C=O) groups excluding carboxylic acids is 1. The highest BCUT2D eigenvalue weighted by molar-refractivity contribution is 5.92. The van der Waals surface area contributed by atoms with Crippen LogP contribution in [-0.4, -0.2) is 25.8 Å². The molecule has 1 amide bonds. The number of hydrogen-bond donors (Lipinski definition) is 1. The molecule has 1 aliphatic carbocycles. The Balaban J connectivity index is 1.43. The molecule has 1 aliphatic rings. The van der Waals surface area contributed by atoms with Crippen molar-refractivity contribution in [1.29, 1.82) is 0 Å². The lowest BCUT2D eigenvalue weighted by atomic mass is 10.2. The van der Waals surface area contributed by atoms with Gasteiger partial charge >= 0.3 is 0 Å². The predicted molar refractivity (Wildman–Crippen MR) is 86.1 cm³/mol. The molecule has 3 aromatic rings. The van der Waals surface area contributed by atoms with Crippen molar-refractivity contribution in [3.05, 3.63) is 53.7 Å². The van der Waals surface area contributed by atoms with E-state index in [1.54, 1.807) is 16.9 Å². The molecule has 0 spiro atoms. The molecule has 0 bridgehead atoms. The number of aryl methyl sites for hydroxylation is 1. The van der Waals surface area contributed by atoms with Gasteiger partial charge in [0.25, 0.3) is 5.91 Å². The zero-order valence-corrected chi connectivity index (χ0v) is 13.3. The third-order valence-corrected chi connectivity index (χ3v) is 4.07. The summed E-state index contributed by atoms with van der Waals surface area (Å²) in [7, 11) is 1.84. The van der Waals surface area contributed by atoms with Crippen LogP contribution in [-0.2, 0) is 13.6 Å². The molecule has 1 N–H and O–H groups in total. The molecule has 7 heteroatoms. The Kier molecular flexibility index (Phi) is 3.60. The Hall–Kier alpha value is -2.96. The van der Waals surface area contributed by atoms with E-state index >= 15 is 0 Å². The van der Waals surface area contributed by atoms with E-state index < -0.39 is 0 Å². The molecular formula is C17H17N5O2. The van der Waals surface area contributed by atoms with Crippen LogP contribution in [0.4, 0.5) is 0 Å². The van der Waals surface area contributed by atoms with Crippen molar-refractivity contribution in [3.8, 4) is 11.4 Å². The van der Waals surface area contributed by atoms with Gasteiger partial charge < -0.3 is 9.84 Å². The van der Waals surface area contributed by atoms with Gasteiger partial charge in [-0.05, 0) is 31.0 Å². The number of nitrogens with one attached hydrogen (secondary N) is 1. The Labute approximate surface area is 138 Å². The molecule has 4 rings (SSSR count). The van der Waals surface area contributed by atoms with Gasteiger partial charge in [0.15, 0.2) is 5.69 Å². The molecule has 1 fully saturated rings. The minimum atomic E-state index is -0.244. The number of nitrogens with zero attached hydrogens (tertiary/aromatic N) is 4. The van der Waals surface area contributed by atoms with Gasteiger partial charge in [0, 0.05) is 25.2 Å². The SMILES string of the molecule is Cn1nc(-c2ccccn2)cc1CNC(=O)c1cc(C2CC2)on1. The summed E-state index contributed by atoms with van der Waals surface area (Å²) >= 11 is 0. The van der Waals surface area contributed by atoms with Gasteiger partial charge in [-0.2, -0.15) is 5.10 Å². The average Bonchev–Trinajstić information content (AvgIpc) is 3.22. The van der Waals surface area contributed by atoms with Crippen LogP contribution in [0.2, 0.25) is 0 Å². The maximum atomic E-state index is 12.2. The highest BCUT2D eigenvalue weighted by Crippen LogP contribution is 2.40. The third kappa shape index (κ3) is 2.92. The smallest absolute Gasteiger partial charge is 0.273 e. The van der Waals surface area contributed by atoms with E-state index in [-0.39, 0.29) is 5.91 Å². The molecule has 3 heterocycles. The van der Waals surface area contributed by atoms with E-state index in [9.17, 15) is 4.79 Å². The van der Waals surface area contributed by atoms with Gasteiger partial charge in [0.2, 0.25) is 0 Å². The summed E-state index contributed by atoms with van der Waals surface area (Å²) in [5, 5.41) is 11.1. The van der Waals surface area contributed by atoms with Crippen LogP contribution < -0.4 is 5.32 Å². The largest absolute Gasteiger partial charge is 0.360 e. The number of pyridine rings is 1. The van der Waals surface area contributed by atoms with Gasteiger partial charge in [-0.15, -0.1) is 0 Å². The molecule has 122 valence electrons. The van der Waals surface area contributed by atoms with Gasteiger partial charge in [-0.3, -0.25) is 14.5 Å². The van der Waals surface area contributed by atoms with Crippen LogP contribution in [0.25, 0.3) is 11.4 Å². The summed E-state index contributed by atoms with van der Waals surface area (Å²) in [4.78, 5) is 16.5. The highest BCUT2D eigenvalue weighted by atomic mass is 16.5. The topological polar surface area (TPSA) is 85.8 Å². The van der Waals surface area contributed by atoms with Gasteiger partial charge in [-0.25, -0.2) is 0 Å². The fraction of sp³-hybridized carbons (Fsp3) is 0.294. The van der Waals surface area contributed by atoms with Crippen molar-refractivity contribution < 1.29 is 9.32 Å². The fourth-order valence-corrected chi connectivity index (χ4v) is 2.53. The molecule has 0 unspecified atom stereocenters. The molecular weight excluding hydrogens is 306 g/mol. The molecule has 0 atom stereocenters. The first-order chi connectivity index (χ1) is 11.7. The first kappa shape index (κ1) is 14.6. The number of hydrogen-bond acceptors (Lipinski definition) is 5. The second-order valence-corrected chi connectivity index (χ2v) is 5.93. The number of rotatable bonds is 5. The molecule has 0 radical (unpaired) electrons. The van der Waals surface area contributed by atoms with E-state index in [0.29, 0.717) is 18.2 Å². The summed E-state index contributed by atoms with van der Waals surface area (Å²) in [6, 6.07) is 9.33. The number of carbonyl (C=O) groups is 1. The Morgan fingerprint density at radius 1 is 1.33 bits per heavy atom. The van der Waals surface area contributed by atoms with Crippen LogP contribution >= 0.6 is 0 Å². The van der Waals surface area contributed by atoms with E-state index in [0.717, 1.165) is 35.7 Å². The van der Waals surface area contributed by atoms with Crippen LogP contribution in [0.1, 0.15) is 40.7 Å². The molecule has 24 heavy (non-hydrogen) atoms. The quantitative estimate of drug-likeness (QED) is 0.778.